The zero-order valence-electron chi connectivity index (χ0n) is 6.92. The van der Waals surface area contributed by atoms with Gasteiger partial charge in [-0.05, 0) is 0 Å². The van der Waals surface area contributed by atoms with E-state index in [2.05, 4.69) is 25.9 Å². The molecule has 1 rings (SSSR count). The molecule has 0 amide bonds. The van der Waals surface area contributed by atoms with E-state index in [1.807, 2.05) is 0 Å². The van der Waals surface area contributed by atoms with Gasteiger partial charge in [0.1, 0.15) is 0 Å². The van der Waals surface area contributed by atoms with Crippen LogP contribution in [-0.2, 0) is 6.18 Å². The molecule has 0 bridgehead atoms. The first-order valence-corrected chi connectivity index (χ1v) is 4.78. The summed E-state index contributed by atoms with van der Waals surface area (Å²) in [7, 11) is 0. The summed E-state index contributed by atoms with van der Waals surface area (Å²) in [4.78, 5) is 6.40. The highest BCUT2D eigenvalue weighted by atomic mass is 79.9. The predicted octanol–water partition coefficient (Wildman–Crippen LogP) is 2.90. The highest BCUT2D eigenvalue weighted by molar-refractivity contribution is 9.09. The van der Waals surface area contributed by atoms with Crippen LogP contribution in [0.25, 0.3) is 6.08 Å². The van der Waals surface area contributed by atoms with E-state index in [1.54, 1.807) is 12.2 Å². The smallest absolute Gasteiger partial charge is 0.232 e. The third kappa shape index (κ3) is 3.10. The summed E-state index contributed by atoms with van der Waals surface area (Å²) >= 11 is 3.15. The zero-order chi connectivity index (χ0) is 10.6. The Morgan fingerprint density at radius 3 is 2.29 bits per heavy atom. The normalized spacial score (nSPS) is 12.3. The van der Waals surface area contributed by atoms with Gasteiger partial charge >= 0.3 is 6.18 Å². The van der Waals surface area contributed by atoms with Crippen molar-refractivity contribution in [2.24, 2.45) is 0 Å². The number of aromatic nitrogens is 2. The molecule has 0 radical (unpaired) electrons. The lowest BCUT2D eigenvalue weighted by Gasteiger charge is -2.03. The third-order valence-electron chi connectivity index (χ3n) is 1.32. The molecule has 0 fully saturated rings. The lowest BCUT2D eigenvalue weighted by Crippen LogP contribution is -2.10. The van der Waals surface area contributed by atoms with Crippen LogP contribution < -0.4 is 0 Å². The van der Waals surface area contributed by atoms with Crippen molar-refractivity contribution in [1.82, 2.24) is 9.97 Å². The predicted molar refractivity (Wildman–Crippen MR) is 49.9 cm³/mol. The van der Waals surface area contributed by atoms with Crippen molar-refractivity contribution in [1.29, 1.82) is 0 Å². The van der Waals surface area contributed by atoms with Crippen LogP contribution in [0.5, 0.6) is 0 Å². The van der Waals surface area contributed by atoms with Crippen molar-refractivity contribution < 1.29 is 13.2 Å². The second kappa shape index (κ2) is 4.54. The van der Waals surface area contributed by atoms with Crippen molar-refractivity contribution in [2.75, 3.05) is 5.33 Å². The van der Waals surface area contributed by atoms with Crippen LogP contribution in [0.15, 0.2) is 18.5 Å². The monoisotopic (exact) mass is 266 g/mol. The fourth-order valence-electron chi connectivity index (χ4n) is 0.751. The first-order chi connectivity index (χ1) is 6.54. The maximum Gasteiger partial charge on any atom is 0.451 e. The standard InChI is InChI=1S/C8H6BrF3N2/c9-3-1-2-6-4-13-7(14-5-6)8(10,11)12/h1-2,4-5H,3H2. The molecule has 0 unspecified atom stereocenters. The summed E-state index contributed by atoms with van der Waals surface area (Å²) in [5.74, 6) is -1.12. The fourth-order valence-corrected chi connectivity index (χ4v) is 0.938. The van der Waals surface area contributed by atoms with Crippen LogP contribution in [-0.4, -0.2) is 15.3 Å². The molecule has 2 nitrogen and oxygen atoms in total. The number of hydrogen-bond acceptors (Lipinski definition) is 2. The van der Waals surface area contributed by atoms with E-state index in [9.17, 15) is 13.2 Å². The first kappa shape index (κ1) is 11.2. The van der Waals surface area contributed by atoms with Crippen molar-refractivity contribution >= 4 is 22.0 Å². The molecule has 1 aromatic heterocycles. The average Bonchev–Trinajstić information content (AvgIpc) is 2.14. The first-order valence-electron chi connectivity index (χ1n) is 3.66. The highest BCUT2D eigenvalue weighted by Gasteiger charge is 2.34. The summed E-state index contributed by atoms with van der Waals surface area (Å²) in [6.07, 6.45) is 1.17. The van der Waals surface area contributed by atoms with E-state index in [1.165, 1.54) is 0 Å². The second-order valence-corrected chi connectivity index (χ2v) is 3.04. The Balaban J connectivity index is 2.84. The van der Waals surface area contributed by atoms with Crippen LogP contribution in [0.4, 0.5) is 13.2 Å². The summed E-state index contributed by atoms with van der Waals surface area (Å²) in [6.45, 7) is 0. The fraction of sp³-hybridized carbons (Fsp3) is 0.250. The third-order valence-corrected chi connectivity index (χ3v) is 1.70. The van der Waals surface area contributed by atoms with Gasteiger partial charge in [-0.1, -0.05) is 28.1 Å². The molecule has 0 aliphatic heterocycles. The number of halogens is 4. The number of rotatable bonds is 2. The topological polar surface area (TPSA) is 25.8 Å². The molecule has 0 saturated carbocycles. The molecule has 0 atom stereocenters. The van der Waals surface area contributed by atoms with Gasteiger partial charge in [-0.3, -0.25) is 0 Å². The molecule has 0 aliphatic carbocycles. The molecule has 0 saturated heterocycles. The average molecular weight is 267 g/mol. The summed E-state index contributed by atoms with van der Waals surface area (Å²) < 4.78 is 36.1. The van der Waals surface area contributed by atoms with Crippen LogP contribution in [0.2, 0.25) is 0 Å². The van der Waals surface area contributed by atoms with Gasteiger partial charge in [0.25, 0.3) is 0 Å². The Hall–Kier alpha value is -0.910. The van der Waals surface area contributed by atoms with E-state index < -0.39 is 12.0 Å². The molecule has 0 spiro atoms. The van der Waals surface area contributed by atoms with E-state index >= 15 is 0 Å². The number of alkyl halides is 4. The quantitative estimate of drug-likeness (QED) is 0.770. The molecule has 0 aliphatic rings. The Bertz CT molecular complexity index is 318. The molecule has 14 heavy (non-hydrogen) atoms. The Morgan fingerprint density at radius 2 is 1.86 bits per heavy atom. The molecule has 1 aromatic rings. The molecule has 0 aromatic carbocycles. The van der Waals surface area contributed by atoms with Crippen molar-refractivity contribution in [3.05, 3.63) is 29.9 Å². The number of allylic oxidation sites excluding steroid dienone is 1. The molecule has 0 N–H and O–H groups in total. The minimum atomic E-state index is -4.47. The lowest BCUT2D eigenvalue weighted by molar-refractivity contribution is -0.145. The Morgan fingerprint density at radius 1 is 1.29 bits per heavy atom. The van der Waals surface area contributed by atoms with Gasteiger partial charge in [0, 0.05) is 23.3 Å². The highest BCUT2D eigenvalue weighted by Crippen LogP contribution is 2.25. The van der Waals surface area contributed by atoms with Crippen LogP contribution in [0, 0.1) is 0 Å². The second-order valence-electron chi connectivity index (χ2n) is 2.39. The van der Waals surface area contributed by atoms with Gasteiger partial charge in [-0.15, -0.1) is 0 Å². The Labute approximate surface area is 87.0 Å². The van der Waals surface area contributed by atoms with Crippen LogP contribution in [0.1, 0.15) is 11.4 Å². The summed E-state index contributed by atoms with van der Waals surface area (Å²) in [5, 5.41) is 0.633. The van der Waals surface area contributed by atoms with Gasteiger partial charge in [-0.2, -0.15) is 13.2 Å². The number of hydrogen-bond donors (Lipinski definition) is 0. The SMILES string of the molecule is FC(F)(F)c1ncc(C=CCBr)cn1. The largest absolute Gasteiger partial charge is 0.451 e. The maximum atomic E-state index is 12.0. The van der Waals surface area contributed by atoms with Gasteiger partial charge in [0.15, 0.2) is 0 Å². The van der Waals surface area contributed by atoms with Crippen molar-refractivity contribution in [3.63, 3.8) is 0 Å². The molecule has 76 valence electrons. The maximum absolute atomic E-state index is 12.0. The van der Waals surface area contributed by atoms with Gasteiger partial charge in [-0.25, -0.2) is 9.97 Å². The van der Waals surface area contributed by atoms with E-state index in [0.717, 1.165) is 12.4 Å². The number of nitrogens with zero attached hydrogens (tertiary/aromatic N) is 2. The van der Waals surface area contributed by atoms with Gasteiger partial charge < -0.3 is 0 Å². The molecular weight excluding hydrogens is 261 g/mol. The van der Waals surface area contributed by atoms with Crippen LogP contribution >= 0.6 is 15.9 Å². The summed E-state index contributed by atoms with van der Waals surface area (Å²) in [6, 6.07) is 0. The molecule has 1 heterocycles. The van der Waals surface area contributed by atoms with E-state index in [-0.39, 0.29) is 0 Å². The van der Waals surface area contributed by atoms with Crippen LogP contribution in [0.3, 0.4) is 0 Å². The summed E-state index contributed by atoms with van der Waals surface area (Å²) in [5.41, 5.74) is 0.539. The van der Waals surface area contributed by atoms with Gasteiger partial charge in [0.2, 0.25) is 5.82 Å². The molecular formula is C8H6BrF3N2. The van der Waals surface area contributed by atoms with E-state index in [4.69, 9.17) is 0 Å². The van der Waals surface area contributed by atoms with Crippen molar-refractivity contribution in [3.8, 4) is 0 Å². The molecule has 6 heteroatoms. The minimum absolute atomic E-state index is 0.539. The zero-order valence-corrected chi connectivity index (χ0v) is 8.51. The lowest BCUT2D eigenvalue weighted by atomic mass is 10.3. The van der Waals surface area contributed by atoms with Gasteiger partial charge in [0.05, 0.1) is 0 Å². The minimum Gasteiger partial charge on any atom is -0.232 e. The van der Waals surface area contributed by atoms with E-state index in [0.29, 0.717) is 10.9 Å². The Kier molecular flexibility index (Phi) is 3.62. The van der Waals surface area contributed by atoms with Crippen molar-refractivity contribution in [2.45, 2.75) is 6.18 Å².